The van der Waals surface area contributed by atoms with Crippen LogP contribution in [0.1, 0.15) is 29.3 Å². The lowest BCUT2D eigenvalue weighted by atomic mass is 10.1. The van der Waals surface area contributed by atoms with Crippen molar-refractivity contribution in [2.24, 2.45) is 0 Å². The fourth-order valence-electron chi connectivity index (χ4n) is 2.22. The molecule has 0 amide bonds. The van der Waals surface area contributed by atoms with E-state index in [1.165, 1.54) is 5.56 Å². The van der Waals surface area contributed by atoms with E-state index in [0.717, 1.165) is 40.1 Å². The van der Waals surface area contributed by atoms with Crippen LogP contribution in [0.5, 0.6) is 11.6 Å². The molecule has 0 saturated heterocycles. The number of rotatable bonds is 5. The van der Waals surface area contributed by atoms with Crippen LogP contribution >= 0.6 is 15.9 Å². The van der Waals surface area contributed by atoms with Crippen LogP contribution in [-0.2, 0) is 6.54 Å². The number of aromatic nitrogens is 1. The molecule has 2 aromatic rings. The summed E-state index contributed by atoms with van der Waals surface area (Å²) in [6.07, 6.45) is 0. The van der Waals surface area contributed by atoms with Gasteiger partial charge in [0, 0.05) is 22.8 Å². The second-order valence-electron chi connectivity index (χ2n) is 5.21. The minimum atomic E-state index is 0.643. The van der Waals surface area contributed by atoms with Crippen molar-refractivity contribution >= 4 is 15.9 Å². The van der Waals surface area contributed by atoms with Crippen LogP contribution in [-0.4, -0.2) is 11.5 Å². The van der Waals surface area contributed by atoms with Gasteiger partial charge in [0.25, 0.3) is 0 Å². The number of pyridine rings is 1. The highest BCUT2D eigenvalue weighted by atomic mass is 79.9. The summed E-state index contributed by atoms with van der Waals surface area (Å²) in [7, 11) is 0. The quantitative estimate of drug-likeness (QED) is 0.852. The molecule has 1 aromatic carbocycles. The standard InChI is InChI=1S/C17H21BrN2O/c1-5-19-10-14-8-13(4)20-16(9-14)21-15-6-11(2)17(18)12(3)7-15/h6-9,19H,5,10H2,1-4H3. The van der Waals surface area contributed by atoms with Crippen molar-refractivity contribution in [2.75, 3.05) is 6.54 Å². The predicted molar refractivity (Wildman–Crippen MR) is 90.0 cm³/mol. The van der Waals surface area contributed by atoms with Crippen molar-refractivity contribution in [2.45, 2.75) is 34.2 Å². The van der Waals surface area contributed by atoms with E-state index in [-0.39, 0.29) is 0 Å². The lowest BCUT2D eigenvalue weighted by Gasteiger charge is -2.11. The lowest BCUT2D eigenvalue weighted by Crippen LogP contribution is -2.12. The maximum absolute atomic E-state index is 5.94. The highest BCUT2D eigenvalue weighted by Gasteiger charge is 2.06. The molecular weight excluding hydrogens is 328 g/mol. The van der Waals surface area contributed by atoms with Gasteiger partial charge in [-0.1, -0.05) is 22.9 Å². The molecule has 3 nitrogen and oxygen atoms in total. The average molecular weight is 349 g/mol. The molecule has 0 aliphatic carbocycles. The number of halogens is 1. The van der Waals surface area contributed by atoms with E-state index in [1.54, 1.807) is 0 Å². The Kier molecular flexibility index (Phi) is 5.37. The van der Waals surface area contributed by atoms with Crippen molar-refractivity contribution in [3.05, 3.63) is 51.1 Å². The van der Waals surface area contributed by atoms with Gasteiger partial charge < -0.3 is 10.1 Å². The summed E-state index contributed by atoms with van der Waals surface area (Å²) in [5, 5.41) is 3.32. The van der Waals surface area contributed by atoms with Gasteiger partial charge in [0.2, 0.25) is 5.88 Å². The van der Waals surface area contributed by atoms with Gasteiger partial charge in [0.05, 0.1) is 0 Å². The molecule has 0 atom stereocenters. The first-order valence-electron chi connectivity index (χ1n) is 7.12. The van der Waals surface area contributed by atoms with E-state index in [1.807, 2.05) is 25.1 Å². The summed E-state index contributed by atoms with van der Waals surface area (Å²) < 4.78 is 7.06. The Labute approximate surface area is 134 Å². The van der Waals surface area contributed by atoms with Crippen LogP contribution in [0.3, 0.4) is 0 Å². The van der Waals surface area contributed by atoms with Gasteiger partial charge in [0.1, 0.15) is 5.75 Å². The Morgan fingerprint density at radius 3 is 2.38 bits per heavy atom. The van der Waals surface area contributed by atoms with Crippen LogP contribution in [0.15, 0.2) is 28.7 Å². The maximum atomic E-state index is 5.94. The van der Waals surface area contributed by atoms with E-state index >= 15 is 0 Å². The predicted octanol–water partition coefficient (Wildman–Crippen LogP) is 4.67. The summed E-state index contributed by atoms with van der Waals surface area (Å²) in [4.78, 5) is 4.46. The number of nitrogens with one attached hydrogen (secondary N) is 1. The van der Waals surface area contributed by atoms with Crippen LogP contribution in [0.2, 0.25) is 0 Å². The molecule has 0 aliphatic rings. The van der Waals surface area contributed by atoms with Crippen molar-refractivity contribution < 1.29 is 4.74 Å². The van der Waals surface area contributed by atoms with Crippen LogP contribution < -0.4 is 10.1 Å². The number of aryl methyl sites for hydroxylation is 3. The second-order valence-corrected chi connectivity index (χ2v) is 6.00. The van der Waals surface area contributed by atoms with Crippen molar-refractivity contribution in [3.8, 4) is 11.6 Å². The molecule has 2 rings (SSSR count). The first-order valence-corrected chi connectivity index (χ1v) is 7.91. The molecular formula is C17H21BrN2O. The molecule has 0 bridgehead atoms. The van der Waals surface area contributed by atoms with Gasteiger partial charge >= 0.3 is 0 Å². The minimum absolute atomic E-state index is 0.643. The average Bonchev–Trinajstić information content (AvgIpc) is 2.42. The van der Waals surface area contributed by atoms with Crippen LogP contribution in [0.25, 0.3) is 0 Å². The molecule has 0 aliphatic heterocycles. The van der Waals surface area contributed by atoms with Gasteiger partial charge in [-0.25, -0.2) is 4.98 Å². The third-order valence-electron chi connectivity index (χ3n) is 3.20. The fourth-order valence-corrected chi connectivity index (χ4v) is 2.45. The summed E-state index contributed by atoms with van der Waals surface area (Å²) >= 11 is 3.57. The number of benzene rings is 1. The molecule has 1 heterocycles. The number of nitrogens with zero attached hydrogens (tertiary/aromatic N) is 1. The van der Waals surface area contributed by atoms with Gasteiger partial charge in [-0.05, 0) is 62.2 Å². The van der Waals surface area contributed by atoms with Gasteiger partial charge in [-0.2, -0.15) is 0 Å². The van der Waals surface area contributed by atoms with E-state index in [9.17, 15) is 0 Å². The fraction of sp³-hybridized carbons (Fsp3) is 0.353. The van der Waals surface area contributed by atoms with Gasteiger partial charge in [0.15, 0.2) is 0 Å². The van der Waals surface area contributed by atoms with Crippen LogP contribution in [0, 0.1) is 20.8 Å². The molecule has 0 radical (unpaired) electrons. The van der Waals surface area contributed by atoms with Crippen molar-refractivity contribution in [1.82, 2.24) is 10.3 Å². The summed E-state index contributed by atoms with van der Waals surface area (Å²) in [5.41, 5.74) is 4.46. The first kappa shape index (κ1) is 16.0. The number of hydrogen-bond acceptors (Lipinski definition) is 3. The molecule has 1 N–H and O–H groups in total. The number of hydrogen-bond donors (Lipinski definition) is 1. The first-order chi connectivity index (χ1) is 9.99. The normalized spacial score (nSPS) is 10.7. The zero-order chi connectivity index (χ0) is 15.4. The summed E-state index contributed by atoms with van der Waals surface area (Å²) in [6.45, 7) is 9.98. The molecule has 0 spiro atoms. The summed E-state index contributed by atoms with van der Waals surface area (Å²) in [6, 6.07) is 8.10. The highest BCUT2D eigenvalue weighted by molar-refractivity contribution is 9.10. The molecule has 112 valence electrons. The largest absolute Gasteiger partial charge is 0.439 e. The lowest BCUT2D eigenvalue weighted by molar-refractivity contribution is 0.459. The number of ether oxygens (including phenoxy) is 1. The Morgan fingerprint density at radius 2 is 1.76 bits per heavy atom. The molecule has 0 unspecified atom stereocenters. The monoisotopic (exact) mass is 348 g/mol. The molecule has 0 fully saturated rings. The maximum Gasteiger partial charge on any atom is 0.219 e. The molecule has 4 heteroatoms. The Balaban J connectivity index is 2.24. The Morgan fingerprint density at radius 1 is 1.10 bits per heavy atom. The third kappa shape index (κ3) is 4.29. The van der Waals surface area contributed by atoms with E-state index in [4.69, 9.17) is 4.74 Å². The molecule has 21 heavy (non-hydrogen) atoms. The summed E-state index contributed by atoms with van der Waals surface area (Å²) in [5.74, 6) is 1.46. The van der Waals surface area contributed by atoms with E-state index in [2.05, 4.69) is 53.1 Å². The zero-order valence-electron chi connectivity index (χ0n) is 13.0. The highest BCUT2D eigenvalue weighted by Crippen LogP contribution is 2.29. The van der Waals surface area contributed by atoms with Gasteiger partial charge in [-0.3, -0.25) is 0 Å². The topological polar surface area (TPSA) is 34.2 Å². The van der Waals surface area contributed by atoms with E-state index < -0.39 is 0 Å². The van der Waals surface area contributed by atoms with E-state index in [0.29, 0.717) is 5.88 Å². The second kappa shape index (κ2) is 7.05. The van der Waals surface area contributed by atoms with Crippen molar-refractivity contribution in [1.29, 1.82) is 0 Å². The third-order valence-corrected chi connectivity index (χ3v) is 4.45. The smallest absolute Gasteiger partial charge is 0.219 e. The SMILES string of the molecule is CCNCc1cc(C)nc(Oc2cc(C)c(Br)c(C)c2)c1. The minimum Gasteiger partial charge on any atom is -0.439 e. The van der Waals surface area contributed by atoms with Crippen LogP contribution in [0.4, 0.5) is 0 Å². The Bertz CT molecular complexity index is 618. The van der Waals surface area contributed by atoms with Gasteiger partial charge in [-0.15, -0.1) is 0 Å². The molecule has 1 aromatic heterocycles. The Hall–Kier alpha value is -1.39. The van der Waals surface area contributed by atoms with Crippen molar-refractivity contribution in [3.63, 3.8) is 0 Å². The zero-order valence-corrected chi connectivity index (χ0v) is 14.5. The molecule has 0 saturated carbocycles.